The van der Waals surface area contributed by atoms with Crippen molar-refractivity contribution in [2.45, 2.75) is 20.0 Å². The van der Waals surface area contributed by atoms with E-state index >= 15 is 0 Å². The van der Waals surface area contributed by atoms with Crippen molar-refractivity contribution in [1.29, 1.82) is 0 Å². The molecule has 0 aliphatic carbocycles. The Labute approximate surface area is 180 Å². The van der Waals surface area contributed by atoms with E-state index < -0.39 is 17.8 Å². The number of hydrogen-bond donors (Lipinski definition) is 3. The molecule has 0 atom stereocenters. The Kier molecular flexibility index (Phi) is 6.57. The second-order valence-corrected chi connectivity index (χ2v) is 6.66. The van der Waals surface area contributed by atoms with Crippen LogP contribution in [0.2, 0.25) is 0 Å². The number of amides is 3. The Morgan fingerprint density at radius 1 is 0.906 bits per heavy atom. The topological polar surface area (TPSA) is 105 Å². The van der Waals surface area contributed by atoms with Gasteiger partial charge < -0.3 is 20.7 Å². The van der Waals surface area contributed by atoms with Gasteiger partial charge in [0.05, 0.1) is 5.56 Å². The molecule has 1 aromatic heterocycles. The van der Waals surface area contributed by atoms with Gasteiger partial charge in [-0.25, -0.2) is 14.8 Å². The van der Waals surface area contributed by atoms with Gasteiger partial charge in [-0.05, 0) is 48.9 Å². The van der Waals surface area contributed by atoms with Crippen LogP contribution in [0.15, 0.2) is 54.9 Å². The van der Waals surface area contributed by atoms with E-state index in [0.717, 1.165) is 6.07 Å². The smallest absolute Gasteiger partial charge is 0.416 e. The lowest BCUT2D eigenvalue weighted by Crippen LogP contribution is -2.20. The first kappa shape index (κ1) is 22.5. The van der Waals surface area contributed by atoms with Gasteiger partial charge in [-0.3, -0.25) is 4.79 Å². The number of rotatable bonds is 5. The van der Waals surface area contributed by atoms with E-state index in [1.165, 1.54) is 38.4 Å². The molecule has 166 valence electrons. The number of aryl methyl sites for hydroxylation is 1. The second kappa shape index (κ2) is 9.33. The number of carbonyl (C=O) groups is 2. The summed E-state index contributed by atoms with van der Waals surface area (Å²) < 4.78 is 44.6. The molecule has 3 amide bonds. The highest BCUT2D eigenvalue weighted by Gasteiger charge is 2.32. The summed E-state index contributed by atoms with van der Waals surface area (Å²) in [7, 11) is 0. The number of anilines is 3. The molecule has 3 rings (SSSR count). The van der Waals surface area contributed by atoms with Crippen molar-refractivity contribution in [2.75, 3.05) is 16.0 Å². The molecule has 32 heavy (non-hydrogen) atoms. The molecule has 0 aliphatic rings. The number of carbonyl (C=O) groups excluding carboxylic acids is 2. The van der Waals surface area contributed by atoms with Gasteiger partial charge in [0.1, 0.15) is 17.9 Å². The summed E-state index contributed by atoms with van der Waals surface area (Å²) in [5, 5.41) is 7.41. The minimum atomic E-state index is -4.51. The molecule has 0 aliphatic heterocycles. The van der Waals surface area contributed by atoms with Crippen LogP contribution in [0.1, 0.15) is 18.1 Å². The van der Waals surface area contributed by atoms with Gasteiger partial charge in [-0.1, -0.05) is 6.07 Å². The summed E-state index contributed by atoms with van der Waals surface area (Å²) in [5.74, 6) is 0.588. The van der Waals surface area contributed by atoms with Gasteiger partial charge >= 0.3 is 12.2 Å². The molecule has 0 saturated heterocycles. The fourth-order valence-electron chi connectivity index (χ4n) is 2.67. The first-order chi connectivity index (χ1) is 15.1. The lowest BCUT2D eigenvalue weighted by Gasteiger charge is -2.13. The summed E-state index contributed by atoms with van der Waals surface area (Å²) in [6.45, 7) is 2.69. The third-order valence-corrected chi connectivity index (χ3v) is 4.08. The molecule has 0 unspecified atom stereocenters. The number of ether oxygens (including phenoxy) is 1. The Morgan fingerprint density at radius 3 is 2.22 bits per heavy atom. The largest absolute Gasteiger partial charge is 0.439 e. The van der Waals surface area contributed by atoms with Crippen LogP contribution < -0.4 is 20.7 Å². The minimum absolute atomic E-state index is 0.0131. The fraction of sp³-hybridized carbons (Fsp3) is 0.143. The molecule has 0 saturated carbocycles. The van der Waals surface area contributed by atoms with E-state index in [4.69, 9.17) is 4.74 Å². The van der Waals surface area contributed by atoms with Crippen molar-refractivity contribution in [3.63, 3.8) is 0 Å². The monoisotopic (exact) mass is 445 g/mol. The number of aromatic nitrogens is 2. The van der Waals surface area contributed by atoms with E-state index in [1.807, 2.05) is 0 Å². The van der Waals surface area contributed by atoms with Crippen molar-refractivity contribution in [2.24, 2.45) is 0 Å². The maximum atomic E-state index is 13.0. The molecular formula is C21H18F3N5O3. The lowest BCUT2D eigenvalue weighted by atomic mass is 10.1. The molecule has 2 aromatic carbocycles. The fourth-order valence-corrected chi connectivity index (χ4v) is 2.67. The van der Waals surface area contributed by atoms with Gasteiger partial charge in [-0.15, -0.1) is 0 Å². The third kappa shape index (κ3) is 6.17. The second-order valence-electron chi connectivity index (χ2n) is 6.66. The molecule has 0 bridgehead atoms. The number of urea groups is 1. The number of nitrogens with zero attached hydrogens (tertiary/aromatic N) is 2. The highest BCUT2D eigenvalue weighted by atomic mass is 19.4. The summed E-state index contributed by atoms with van der Waals surface area (Å²) >= 11 is 0. The van der Waals surface area contributed by atoms with Crippen LogP contribution in [-0.2, 0) is 11.0 Å². The predicted octanol–water partition coefficient (Wildman–Crippen LogP) is 5.20. The van der Waals surface area contributed by atoms with Crippen LogP contribution in [0.4, 0.5) is 35.2 Å². The Morgan fingerprint density at radius 2 is 1.56 bits per heavy atom. The number of hydrogen-bond acceptors (Lipinski definition) is 5. The van der Waals surface area contributed by atoms with Crippen LogP contribution in [-0.4, -0.2) is 21.9 Å². The van der Waals surface area contributed by atoms with Crippen molar-refractivity contribution in [3.8, 4) is 11.6 Å². The lowest BCUT2D eigenvalue weighted by molar-refractivity contribution is -0.138. The van der Waals surface area contributed by atoms with Crippen LogP contribution in [0.3, 0.4) is 0 Å². The van der Waals surface area contributed by atoms with E-state index in [-0.39, 0.29) is 28.9 Å². The maximum Gasteiger partial charge on any atom is 0.416 e. The molecular weight excluding hydrogens is 427 g/mol. The van der Waals surface area contributed by atoms with Crippen molar-refractivity contribution < 1.29 is 27.5 Å². The Bertz CT molecular complexity index is 1130. The molecule has 0 radical (unpaired) electrons. The van der Waals surface area contributed by atoms with Gasteiger partial charge in [0.2, 0.25) is 11.8 Å². The number of nitrogens with one attached hydrogen (secondary N) is 3. The van der Waals surface area contributed by atoms with Crippen LogP contribution in [0, 0.1) is 6.92 Å². The standard InChI is InChI=1S/C21H18F3N5O3/c1-12-3-4-15(9-17(12)21(22,23)24)29-20(31)28-14-5-7-16(8-6-14)32-19-10-18(25-11-26-19)27-13(2)30/h3-11H,1-2H3,(H2,28,29,31)(H,25,26,27,30). The quantitative estimate of drug-likeness (QED) is 0.501. The average Bonchev–Trinajstić information content (AvgIpc) is 2.70. The number of alkyl halides is 3. The normalized spacial score (nSPS) is 10.9. The zero-order valence-electron chi connectivity index (χ0n) is 16.9. The van der Waals surface area contributed by atoms with Gasteiger partial charge in [-0.2, -0.15) is 13.2 Å². The number of halogens is 3. The Hall–Kier alpha value is -4.15. The van der Waals surface area contributed by atoms with E-state index in [1.54, 1.807) is 24.3 Å². The summed E-state index contributed by atoms with van der Waals surface area (Å²) in [6.07, 6.45) is -3.28. The molecule has 11 heteroatoms. The molecule has 3 aromatic rings. The molecule has 1 heterocycles. The van der Waals surface area contributed by atoms with Crippen molar-refractivity contribution >= 4 is 29.1 Å². The van der Waals surface area contributed by atoms with Gasteiger partial charge in [0, 0.05) is 24.4 Å². The maximum absolute atomic E-state index is 13.0. The van der Waals surface area contributed by atoms with Crippen LogP contribution >= 0.6 is 0 Å². The van der Waals surface area contributed by atoms with E-state index in [9.17, 15) is 22.8 Å². The zero-order chi connectivity index (χ0) is 23.3. The van der Waals surface area contributed by atoms with Crippen LogP contribution in [0.25, 0.3) is 0 Å². The van der Waals surface area contributed by atoms with Crippen molar-refractivity contribution in [1.82, 2.24) is 9.97 Å². The molecule has 0 spiro atoms. The predicted molar refractivity (Wildman–Crippen MR) is 112 cm³/mol. The first-order valence-corrected chi connectivity index (χ1v) is 9.23. The summed E-state index contributed by atoms with van der Waals surface area (Å²) in [6, 6.07) is 10.5. The number of benzene rings is 2. The van der Waals surface area contributed by atoms with Crippen molar-refractivity contribution in [3.05, 3.63) is 66.0 Å². The van der Waals surface area contributed by atoms with E-state index in [2.05, 4.69) is 25.9 Å². The molecule has 0 fully saturated rings. The molecule has 8 nitrogen and oxygen atoms in total. The van der Waals surface area contributed by atoms with E-state index in [0.29, 0.717) is 11.4 Å². The summed E-state index contributed by atoms with van der Waals surface area (Å²) in [4.78, 5) is 31.1. The third-order valence-electron chi connectivity index (χ3n) is 4.08. The SMILES string of the molecule is CC(=O)Nc1cc(Oc2ccc(NC(=O)Nc3ccc(C)c(C(F)(F)F)c3)cc2)ncn1. The molecule has 3 N–H and O–H groups in total. The first-order valence-electron chi connectivity index (χ1n) is 9.23. The highest BCUT2D eigenvalue weighted by Crippen LogP contribution is 2.33. The summed E-state index contributed by atoms with van der Waals surface area (Å²) in [5.41, 5.74) is -0.353. The Balaban J connectivity index is 1.61. The van der Waals surface area contributed by atoms with Gasteiger partial charge in [0.15, 0.2) is 0 Å². The van der Waals surface area contributed by atoms with Crippen LogP contribution in [0.5, 0.6) is 11.6 Å². The van der Waals surface area contributed by atoms with Gasteiger partial charge in [0.25, 0.3) is 0 Å². The highest BCUT2D eigenvalue weighted by molar-refractivity contribution is 5.99. The average molecular weight is 445 g/mol. The minimum Gasteiger partial charge on any atom is -0.439 e. The zero-order valence-corrected chi connectivity index (χ0v) is 16.9.